The van der Waals surface area contributed by atoms with E-state index in [0.717, 1.165) is 16.1 Å². The predicted octanol–water partition coefficient (Wildman–Crippen LogP) is 3.69. The first-order valence-corrected chi connectivity index (χ1v) is 6.65. The lowest BCUT2D eigenvalue weighted by Crippen LogP contribution is -2.18. The van der Waals surface area contributed by atoms with E-state index < -0.39 is 0 Å². The molecule has 94 valence electrons. The minimum Gasteiger partial charge on any atom is -0.307 e. The molecule has 2 aromatic heterocycles. The highest BCUT2D eigenvalue weighted by Crippen LogP contribution is 2.31. The summed E-state index contributed by atoms with van der Waals surface area (Å²) in [5, 5.41) is 4.91. The Balaban J connectivity index is 1.92. The molecule has 0 aliphatic rings. The minimum atomic E-state index is -0.221. The first-order chi connectivity index (χ1) is 9.34. The van der Waals surface area contributed by atoms with Crippen molar-refractivity contribution in [1.82, 2.24) is 9.55 Å². The highest BCUT2D eigenvalue weighted by Gasteiger charge is 2.09. The summed E-state index contributed by atoms with van der Waals surface area (Å²) in [7, 11) is 0. The van der Waals surface area contributed by atoms with Gasteiger partial charge in [-0.15, -0.1) is 11.3 Å². The van der Waals surface area contributed by atoms with Crippen LogP contribution in [0, 0.1) is 0 Å². The second-order valence-electron chi connectivity index (χ2n) is 3.92. The fraction of sp³-hybridized carbons (Fsp3) is 0. The quantitative estimate of drug-likeness (QED) is 0.771. The normalized spacial score (nSPS) is 10.3. The van der Waals surface area contributed by atoms with E-state index in [1.54, 1.807) is 23.7 Å². The lowest BCUT2D eigenvalue weighted by atomic mass is 10.1. The SMILES string of the molecule is O=C(Nc1ccccc1-c1cccs1)n1ccnc1. The third-order valence-corrected chi connectivity index (χ3v) is 3.60. The van der Waals surface area contributed by atoms with Crippen molar-refractivity contribution in [2.75, 3.05) is 5.32 Å². The number of thiophene rings is 1. The van der Waals surface area contributed by atoms with Crippen molar-refractivity contribution in [2.24, 2.45) is 0 Å². The van der Waals surface area contributed by atoms with E-state index in [0.29, 0.717) is 0 Å². The van der Waals surface area contributed by atoms with Crippen LogP contribution in [-0.4, -0.2) is 15.6 Å². The van der Waals surface area contributed by atoms with Crippen LogP contribution in [-0.2, 0) is 0 Å². The monoisotopic (exact) mass is 269 g/mol. The molecule has 5 heteroatoms. The van der Waals surface area contributed by atoms with Crippen LogP contribution in [0.25, 0.3) is 10.4 Å². The van der Waals surface area contributed by atoms with Crippen LogP contribution in [0.3, 0.4) is 0 Å². The third kappa shape index (κ3) is 2.41. The summed E-state index contributed by atoms with van der Waals surface area (Å²) in [6.45, 7) is 0. The van der Waals surface area contributed by atoms with Crippen molar-refractivity contribution in [1.29, 1.82) is 0 Å². The molecule has 0 aliphatic heterocycles. The number of carbonyl (C=O) groups is 1. The molecular weight excluding hydrogens is 258 g/mol. The fourth-order valence-corrected chi connectivity index (χ4v) is 2.56. The molecule has 0 aliphatic carbocycles. The highest BCUT2D eigenvalue weighted by molar-refractivity contribution is 7.13. The fourth-order valence-electron chi connectivity index (χ4n) is 1.80. The molecule has 2 heterocycles. The molecule has 1 aromatic carbocycles. The molecule has 19 heavy (non-hydrogen) atoms. The number of hydrogen-bond donors (Lipinski definition) is 1. The number of nitrogens with zero attached hydrogens (tertiary/aromatic N) is 2. The Kier molecular flexibility index (Phi) is 3.12. The number of anilines is 1. The zero-order valence-electron chi connectivity index (χ0n) is 9.98. The average molecular weight is 269 g/mol. The van der Waals surface area contributed by atoms with E-state index in [9.17, 15) is 4.79 Å². The zero-order chi connectivity index (χ0) is 13.1. The molecule has 0 unspecified atom stereocenters. The lowest BCUT2D eigenvalue weighted by molar-refractivity contribution is 0.253. The van der Waals surface area contributed by atoms with Crippen molar-refractivity contribution in [3.8, 4) is 10.4 Å². The lowest BCUT2D eigenvalue weighted by Gasteiger charge is -2.09. The van der Waals surface area contributed by atoms with Gasteiger partial charge in [0.2, 0.25) is 0 Å². The summed E-state index contributed by atoms with van der Waals surface area (Å²) in [4.78, 5) is 17.0. The molecule has 1 amide bonds. The first kappa shape index (κ1) is 11.7. The molecule has 1 N–H and O–H groups in total. The average Bonchev–Trinajstić information content (AvgIpc) is 3.13. The van der Waals surface area contributed by atoms with Crippen LogP contribution < -0.4 is 5.32 Å². The van der Waals surface area contributed by atoms with Gasteiger partial charge >= 0.3 is 6.03 Å². The van der Waals surface area contributed by atoms with Crippen molar-refractivity contribution in [3.05, 3.63) is 60.5 Å². The topological polar surface area (TPSA) is 46.9 Å². The van der Waals surface area contributed by atoms with Crippen molar-refractivity contribution in [2.45, 2.75) is 0 Å². The summed E-state index contributed by atoms with van der Waals surface area (Å²) in [5.74, 6) is 0. The molecule has 4 nitrogen and oxygen atoms in total. The molecule has 0 spiro atoms. The molecule has 0 radical (unpaired) electrons. The van der Waals surface area contributed by atoms with Gasteiger partial charge in [0.25, 0.3) is 0 Å². The number of benzene rings is 1. The molecule has 0 saturated heterocycles. The van der Waals surface area contributed by atoms with Gasteiger partial charge in [0.05, 0.1) is 5.69 Å². The number of carbonyl (C=O) groups excluding carboxylic acids is 1. The predicted molar refractivity (Wildman–Crippen MR) is 76.4 cm³/mol. The second kappa shape index (κ2) is 5.07. The van der Waals surface area contributed by atoms with Gasteiger partial charge in [-0.2, -0.15) is 0 Å². The molecule has 0 bridgehead atoms. The number of aromatic nitrogens is 2. The number of imidazole rings is 1. The summed E-state index contributed by atoms with van der Waals surface area (Å²) < 4.78 is 1.41. The van der Waals surface area contributed by atoms with Crippen molar-refractivity contribution in [3.63, 3.8) is 0 Å². The van der Waals surface area contributed by atoms with Crippen LogP contribution >= 0.6 is 11.3 Å². The van der Waals surface area contributed by atoms with Crippen LogP contribution in [0.1, 0.15) is 0 Å². The van der Waals surface area contributed by atoms with Gasteiger partial charge in [-0.3, -0.25) is 4.57 Å². The Hall–Kier alpha value is -2.40. The number of nitrogens with one attached hydrogen (secondary N) is 1. The smallest absolute Gasteiger partial charge is 0.307 e. The van der Waals surface area contributed by atoms with Gasteiger partial charge in [0.15, 0.2) is 0 Å². The minimum absolute atomic E-state index is 0.221. The van der Waals surface area contributed by atoms with E-state index in [4.69, 9.17) is 0 Å². The largest absolute Gasteiger partial charge is 0.331 e. The Morgan fingerprint density at radius 2 is 2.11 bits per heavy atom. The zero-order valence-corrected chi connectivity index (χ0v) is 10.8. The molecule has 0 atom stereocenters. The van der Waals surface area contributed by atoms with Gasteiger partial charge in [-0.05, 0) is 17.5 Å². The van der Waals surface area contributed by atoms with Crippen LogP contribution in [0.15, 0.2) is 60.5 Å². The first-order valence-electron chi connectivity index (χ1n) is 5.77. The van der Waals surface area contributed by atoms with E-state index in [-0.39, 0.29) is 6.03 Å². The number of hydrogen-bond acceptors (Lipinski definition) is 3. The van der Waals surface area contributed by atoms with Crippen LogP contribution in [0.4, 0.5) is 10.5 Å². The Morgan fingerprint density at radius 3 is 2.84 bits per heavy atom. The standard InChI is InChI=1S/C14H11N3OS/c18-14(17-8-7-15-10-17)16-12-5-2-1-4-11(12)13-6-3-9-19-13/h1-10H,(H,16,18). The summed E-state index contributed by atoms with van der Waals surface area (Å²) >= 11 is 1.64. The van der Waals surface area contributed by atoms with Crippen molar-refractivity contribution >= 4 is 23.1 Å². The summed E-state index contributed by atoms with van der Waals surface area (Å²) in [6.07, 6.45) is 4.66. The van der Waals surface area contributed by atoms with E-state index in [1.165, 1.54) is 10.9 Å². The maximum atomic E-state index is 12.0. The molecule has 3 rings (SSSR count). The highest BCUT2D eigenvalue weighted by atomic mass is 32.1. The van der Waals surface area contributed by atoms with Gasteiger partial charge in [0, 0.05) is 22.8 Å². The molecule has 0 saturated carbocycles. The van der Waals surface area contributed by atoms with Gasteiger partial charge in [-0.25, -0.2) is 9.78 Å². The Bertz CT molecular complexity index is 675. The number of rotatable bonds is 2. The number of amides is 1. The number of para-hydroxylation sites is 1. The van der Waals surface area contributed by atoms with Crippen molar-refractivity contribution < 1.29 is 4.79 Å². The van der Waals surface area contributed by atoms with E-state index in [1.807, 2.05) is 41.8 Å². The molecular formula is C14H11N3OS. The maximum Gasteiger partial charge on any atom is 0.331 e. The second-order valence-corrected chi connectivity index (χ2v) is 4.87. The van der Waals surface area contributed by atoms with Gasteiger partial charge in [0.1, 0.15) is 6.33 Å². The Morgan fingerprint density at radius 1 is 1.21 bits per heavy atom. The summed E-state index contributed by atoms with van der Waals surface area (Å²) in [5.41, 5.74) is 1.81. The Labute approximate surface area is 114 Å². The van der Waals surface area contributed by atoms with E-state index >= 15 is 0 Å². The maximum absolute atomic E-state index is 12.0. The van der Waals surface area contributed by atoms with E-state index in [2.05, 4.69) is 10.3 Å². The van der Waals surface area contributed by atoms with Gasteiger partial charge < -0.3 is 5.32 Å². The summed E-state index contributed by atoms with van der Waals surface area (Å²) in [6, 6.07) is 11.6. The van der Waals surface area contributed by atoms with Gasteiger partial charge in [-0.1, -0.05) is 24.3 Å². The third-order valence-electron chi connectivity index (χ3n) is 2.69. The van der Waals surface area contributed by atoms with Crippen LogP contribution in [0.5, 0.6) is 0 Å². The molecule has 3 aromatic rings. The molecule has 0 fully saturated rings. The van der Waals surface area contributed by atoms with Crippen LogP contribution in [0.2, 0.25) is 0 Å².